The Balaban J connectivity index is 1.94. The summed E-state index contributed by atoms with van der Waals surface area (Å²) in [5.41, 5.74) is 2.65. The van der Waals surface area contributed by atoms with Crippen molar-refractivity contribution >= 4 is 0 Å². The fourth-order valence-electron chi connectivity index (χ4n) is 3.27. The third kappa shape index (κ3) is 1.91. The van der Waals surface area contributed by atoms with Gasteiger partial charge in [0, 0.05) is 30.6 Å². The van der Waals surface area contributed by atoms with Crippen LogP contribution in [0.2, 0.25) is 0 Å². The monoisotopic (exact) mass is 247 g/mol. The second-order valence-corrected chi connectivity index (χ2v) is 5.23. The lowest BCUT2D eigenvalue weighted by Crippen LogP contribution is -2.29. The second kappa shape index (κ2) is 4.90. The summed E-state index contributed by atoms with van der Waals surface area (Å²) in [5.74, 6) is 1.64. The molecule has 3 atom stereocenters. The highest BCUT2D eigenvalue weighted by Gasteiger charge is 2.34. The van der Waals surface area contributed by atoms with Crippen LogP contribution in [0.25, 0.3) is 0 Å². The molecule has 0 amide bonds. The zero-order valence-electron chi connectivity index (χ0n) is 11.1. The number of hydrogen-bond donors (Lipinski definition) is 1. The van der Waals surface area contributed by atoms with Crippen LogP contribution in [0.4, 0.5) is 0 Å². The van der Waals surface area contributed by atoms with Crippen LogP contribution in [-0.2, 0) is 11.2 Å². The lowest BCUT2D eigenvalue weighted by atomic mass is 9.87. The van der Waals surface area contributed by atoms with Crippen molar-refractivity contribution in [3.8, 4) is 5.75 Å². The largest absolute Gasteiger partial charge is 0.493 e. The zero-order valence-corrected chi connectivity index (χ0v) is 11.1. The third-order valence-corrected chi connectivity index (χ3v) is 4.25. The second-order valence-electron chi connectivity index (χ2n) is 5.23. The van der Waals surface area contributed by atoms with Crippen molar-refractivity contribution in [3.05, 3.63) is 29.3 Å². The average Bonchev–Trinajstić information content (AvgIpc) is 3.00. The van der Waals surface area contributed by atoms with Crippen LogP contribution in [0.1, 0.15) is 30.5 Å². The molecular formula is C15H21NO2. The summed E-state index contributed by atoms with van der Waals surface area (Å²) in [6, 6.07) is 6.84. The maximum absolute atomic E-state index is 5.83. The molecule has 1 saturated heterocycles. The fourth-order valence-corrected chi connectivity index (χ4v) is 3.27. The van der Waals surface area contributed by atoms with E-state index in [1.807, 2.05) is 7.05 Å². The molecule has 3 heteroatoms. The molecule has 0 aliphatic carbocycles. The lowest BCUT2D eigenvalue weighted by Gasteiger charge is -2.27. The third-order valence-electron chi connectivity index (χ3n) is 4.25. The van der Waals surface area contributed by atoms with Gasteiger partial charge in [0.15, 0.2) is 0 Å². The first-order valence-corrected chi connectivity index (χ1v) is 6.84. The van der Waals surface area contributed by atoms with Crippen LogP contribution in [0, 0.1) is 5.92 Å². The molecule has 0 bridgehead atoms. The molecular weight excluding hydrogens is 226 g/mol. The summed E-state index contributed by atoms with van der Waals surface area (Å²) >= 11 is 0. The van der Waals surface area contributed by atoms with Gasteiger partial charge < -0.3 is 14.8 Å². The highest BCUT2D eigenvalue weighted by atomic mass is 16.5. The van der Waals surface area contributed by atoms with Crippen LogP contribution >= 0.6 is 0 Å². The molecule has 0 radical (unpaired) electrons. The summed E-state index contributed by atoms with van der Waals surface area (Å²) < 4.78 is 11.5. The van der Waals surface area contributed by atoms with Gasteiger partial charge in [0.2, 0.25) is 0 Å². The molecule has 3 unspecified atom stereocenters. The molecule has 3 rings (SSSR count). The van der Waals surface area contributed by atoms with Crippen LogP contribution in [0.5, 0.6) is 5.75 Å². The van der Waals surface area contributed by atoms with Gasteiger partial charge in [0.25, 0.3) is 0 Å². The van der Waals surface area contributed by atoms with Crippen LogP contribution in [-0.4, -0.2) is 26.4 Å². The van der Waals surface area contributed by atoms with Gasteiger partial charge in [-0.25, -0.2) is 0 Å². The maximum atomic E-state index is 5.83. The summed E-state index contributed by atoms with van der Waals surface area (Å²) in [7, 11) is 2.03. The van der Waals surface area contributed by atoms with Crippen LogP contribution in [0.15, 0.2) is 18.2 Å². The number of rotatable bonds is 3. The molecule has 1 fully saturated rings. The molecule has 1 N–H and O–H groups in total. The molecule has 0 aromatic heterocycles. The predicted molar refractivity (Wildman–Crippen MR) is 71.0 cm³/mol. The van der Waals surface area contributed by atoms with Crippen molar-refractivity contribution in [3.63, 3.8) is 0 Å². The van der Waals surface area contributed by atoms with Gasteiger partial charge in [-0.1, -0.05) is 18.2 Å². The molecule has 3 nitrogen and oxygen atoms in total. The normalized spacial score (nSPS) is 27.9. The minimum atomic E-state index is 0.319. The quantitative estimate of drug-likeness (QED) is 0.889. The molecule has 2 aliphatic heterocycles. The summed E-state index contributed by atoms with van der Waals surface area (Å²) in [6.07, 6.45) is 2.48. The topological polar surface area (TPSA) is 30.5 Å². The minimum Gasteiger partial charge on any atom is -0.493 e. The summed E-state index contributed by atoms with van der Waals surface area (Å²) in [6.45, 7) is 3.87. The van der Waals surface area contributed by atoms with Crippen molar-refractivity contribution < 1.29 is 9.47 Å². The van der Waals surface area contributed by atoms with Crippen molar-refractivity contribution in [2.24, 2.45) is 5.92 Å². The zero-order chi connectivity index (χ0) is 12.5. The van der Waals surface area contributed by atoms with E-state index in [1.54, 1.807) is 0 Å². The Morgan fingerprint density at radius 1 is 1.33 bits per heavy atom. The van der Waals surface area contributed by atoms with Crippen LogP contribution in [0.3, 0.4) is 0 Å². The Bertz CT molecular complexity index is 433. The number of fused-ring (bicyclic) bond motifs is 1. The molecule has 0 spiro atoms. The summed E-state index contributed by atoms with van der Waals surface area (Å²) in [5, 5.41) is 3.46. The van der Waals surface area contributed by atoms with E-state index in [9.17, 15) is 0 Å². The lowest BCUT2D eigenvalue weighted by molar-refractivity contribution is 0.0960. The molecule has 18 heavy (non-hydrogen) atoms. The summed E-state index contributed by atoms with van der Waals surface area (Å²) in [4.78, 5) is 0. The Morgan fingerprint density at radius 2 is 2.22 bits per heavy atom. The highest BCUT2D eigenvalue weighted by Crippen LogP contribution is 2.40. The van der Waals surface area contributed by atoms with Gasteiger partial charge in [0.1, 0.15) is 5.75 Å². The van der Waals surface area contributed by atoms with E-state index in [0.717, 1.165) is 31.8 Å². The van der Waals surface area contributed by atoms with E-state index in [-0.39, 0.29) is 0 Å². The molecule has 98 valence electrons. The first-order valence-electron chi connectivity index (χ1n) is 6.84. The van der Waals surface area contributed by atoms with E-state index in [1.165, 1.54) is 11.1 Å². The Hall–Kier alpha value is -1.06. The number of benzene rings is 1. The maximum Gasteiger partial charge on any atom is 0.127 e. The van der Waals surface area contributed by atoms with Gasteiger partial charge in [-0.15, -0.1) is 0 Å². The number of nitrogens with one attached hydrogen (secondary N) is 1. The fraction of sp³-hybridized carbons (Fsp3) is 0.600. The van der Waals surface area contributed by atoms with Gasteiger partial charge in [0.05, 0.1) is 12.7 Å². The van der Waals surface area contributed by atoms with Crippen molar-refractivity contribution in [2.45, 2.75) is 31.9 Å². The molecule has 1 aromatic rings. The standard InChI is InChI=1S/C15H21NO2/c1-10-12(7-9-17-10)14(16-2)13-5-3-4-11-6-8-18-15(11)13/h3-5,10,12,14,16H,6-9H2,1-2H3. The van der Waals surface area contributed by atoms with E-state index in [0.29, 0.717) is 18.1 Å². The number of ether oxygens (including phenoxy) is 2. The first-order chi connectivity index (χ1) is 8.81. The molecule has 1 aromatic carbocycles. The SMILES string of the molecule is CNC(c1cccc2c1OCC2)C1CCOC1C. The molecule has 0 saturated carbocycles. The first kappa shape index (κ1) is 12.0. The van der Waals surface area contributed by atoms with E-state index >= 15 is 0 Å². The number of para-hydroxylation sites is 1. The van der Waals surface area contributed by atoms with E-state index in [2.05, 4.69) is 30.4 Å². The Labute approximate surface area is 108 Å². The van der Waals surface area contributed by atoms with Gasteiger partial charge >= 0.3 is 0 Å². The Kier molecular flexibility index (Phi) is 3.27. The Morgan fingerprint density at radius 3 is 2.94 bits per heavy atom. The highest BCUT2D eigenvalue weighted by molar-refractivity contribution is 5.46. The smallest absolute Gasteiger partial charge is 0.127 e. The van der Waals surface area contributed by atoms with Gasteiger partial charge in [-0.3, -0.25) is 0 Å². The molecule has 2 aliphatic rings. The number of hydrogen-bond acceptors (Lipinski definition) is 3. The van der Waals surface area contributed by atoms with E-state index in [4.69, 9.17) is 9.47 Å². The predicted octanol–water partition coefficient (Wildman–Crippen LogP) is 2.31. The van der Waals surface area contributed by atoms with Crippen molar-refractivity contribution in [1.82, 2.24) is 5.32 Å². The van der Waals surface area contributed by atoms with Crippen molar-refractivity contribution in [1.29, 1.82) is 0 Å². The van der Waals surface area contributed by atoms with Gasteiger partial charge in [-0.05, 0) is 26.0 Å². The van der Waals surface area contributed by atoms with Crippen LogP contribution < -0.4 is 10.1 Å². The van der Waals surface area contributed by atoms with Crippen molar-refractivity contribution in [2.75, 3.05) is 20.3 Å². The van der Waals surface area contributed by atoms with E-state index < -0.39 is 0 Å². The van der Waals surface area contributed by atoms with Gasteiger partial charge in [-0.2, -0.15) is 0 Å². The minimum absolute atomic E-state index is 0.319. The average molecular weight is 247 g/mol. The molecule has 2 heterocycles.